The van der Waals surface area contributed by atoms with Crippen molar-refractivity contribution in [1.29, 1.82) is 0 Å². The zero-order valence-corrected chi connectivity index (χ0v) is 24.5. The van der Waals surface area contributed by atoms with Crippen molar-refractivity contribution in [3.63, 3.8) is 0 Å². The number of rotatable bonds is 1. The average Bonchev–Trinajstić information content (AvgIpc) is 3.09. The van der Waals surface area contributed by atoms with Crippen LogP contribution in [0.25, 0.3) is 0 Å². The Morgan fingerprint density at radius 1 is 1.05 bits per heavy atom. The Morgan fingerprint density at radius 2 is 1.77 bits per heavy atom. The SMILES string of the molecule is C[C@H]1C(=O)N(C)CCCCCCCCN2C[C@@]3(CCCc4cc(Cl)ccc43)COc3ccc(cc32)[C@]1(O)C(N)=O. The fourth-order valence-corrected chi connectivity index (χ4v) is 7.17. The Bertz CT molecular complexity index is 1270. The number of nitrogens with zero attached hydrogens (tertiary/aromatic N) is 2. The van der Waals surface area contributed by atoms with Gasteiger partial charge in [0, 0.05) is 37.1 Å². The smallest absolute Gasteiger partial charge is 0.254 e. The van der Waals surface area contributed by atoms with E-state index in [4.69, 9.17) is 22.1 Å². The molecule has 0 saturated heterocycles. The number of carbonyl (C=O) groups is 2. The van der Waals surface area contributed by atoms with Crippen LogP contribution in [-0.4, -0.2) is 55.1 Å². The van der Waals surface area contributed by atoms with E-state index in [1.54, 1.807) is 24.9 Å². The van der Waals surface area contributed by atoms with Crippen LogP contribution in [0.4, 0.5) is 5.69 Å². The van der Waals surface area contributed by atoms with Gasteiger partial charge in [-0.3, -0.25) is 9.59 Å². The maximum atomic E-state index is 13.4. The van der Waals surface area contributed by atoms with E-state index in [-0.39, 0.29) is 11.3 Å². The number of ether oxygens (including phenoxy) is 1. The molecule has 1 spiro atoms. The molecule has 40 heavy (non-hydrogen) atoms. The second-order valence-electron chi connectivity index (χ2n) is 12.1. The summed E-state index contributed by atoms with van der Waals surface area (Å²) in [7, 11) is 1.73. The molecular weight excluding hydrogens is 526 g/mol. The second-order valence-corrected chi connectivity index (χ2v) is 12.5. The Morgan fingerprint density at radius 3 is 2.52 bits per heavy atom. The number of aliphatic hydroxyl groups is 1. The minimum absolute atomic E-state index is 0.204. The highest BCUT2D eigenvalue weighted by molar-refractivity contribution is 6.30. The lowest BCUT2D eigenvalue weighted by atomic mass is 9.70. The topological polar surface area (TPSA) is 96.1 Å². The molecule has 5 rings (SSSR count). The van der Waals surface area contributed by atoms with Gasteiger partial charge in [-0.1, -0.05) is 49.4 Å². The number of fused-ring (bicyclic) bond motifs is 3. The molecular formula is C32H42ClN3O4. The lowest BCUT2D eigenvalue weighted by Gasteiger charge is -2.41. The minimum atomic E-state index is -2.15. The third-order valence-corrected chi connectivity index (χ3v) is 9.63. The van der Waals surface area contributed by atoms with Crippen LogP contribution in [0.2, 0.25) is 5.02 Å². The summed E-state index contributed by atoms with van der Waals surface area (Å²) in [4.78, 5) is 30.2. The molecule has 3 aliphatic rings. The first kappa shape index (κ1) is 28.7. The monoisotopic (exact) mass is 567 g/mol. The minimum Gasteiger partial charge on any atom is -0.490 e. The van der Waals surface area contributed by atoms with Crippen LogP contribution in [-0.2, 0) is 27.0 Å². The normalized spacial score (nSPS) is 28.0. The van der Waals surface area contributed by atoms with Gasteiger partial charge in [0.1, 0.15) is 5.75 Å². The summed E-state index contributed by atoms with van der Waals surface area (Å²) in [6.45, 7) is 4.29. The van der Waals surface area contributed by atoms with Gasteiger partial charge in [0.15, 0.2) is 5.60 Å². The van der Waals surface area contributed by atoms with Crippen molar-refractivity contribution in [3.05, 3.63) is 58.1 Å². The molecule has 2 aromatic rings. The molecule has 2 aliphatic heterocycles. The molecule has 1 aliphatic carbocycles. The van der Waals surface area contributed by atoms with E-state index in [9.17, 15) is 14.7 Å². The highest BCUT2D eigenvalue weighted by Gasteiger charge is 2.48. The number of nitrogens with two attached hydrogens (primary N) is 1. The van der Waals surface area contributed by atoms with Crippen molar-refractivity contribution in [3.8, 4) is 5.75 Å². The largest absolute Gasteiger partial charge is 0.490 e. The van der Waals surface area contributed by atoms with Crippen LogP contribution >= 0.6 is 11.6 Å². The van der Waals surface area contributed by atoms with Gasteiger partial charge >= 0.3 is 0 Å². The second kappa shape index (κ2) is 11.6. The Hall–Kier alpha value is -2.77. The fourth-order valence-electron chi connectivity index (χ4n) is 6.97. The summed E-state index contributed by atoms with van der Waals surface area (Å²) >= 11 is 6.38. The van der Waals surface area contributed by atoms with Crippen molar-refractivity contribution < 1.29 is 19.4 Å². The molecule has 0 radical (unpaired) electrons. The van der Waals surface area contributed by atoms with Crippen LogP contribution < -0.4 is 15.4 Å². The number of primary amides is 1. The van der Waals surface area contributed by atoms with Gasteiger partial charge < -0.3 is 25.4 Å². The van der Waals surface area contributed by atoms with E-state index in [1.165, 1.54) is 11.1 Å². The summed E-state index contributed by atoms with van der Waals surface area (Å²) < 4.78 is 6.54. The summed E-state index contributed by atoms with van der Waals surface area (Å²) in [5.74, 6) is -1.56. The molecule has 3 N–H and O–H groups in total. The van der Waals surface area contributed by atoms with Crippen molar-refractivity contribution in [2.24, 2.45) is 11.7 Å². The van der Waals surface area contributed by atoms with Crippen LogP contribution in [0.5, 0.6) is 5.75 Å². The molecule has 216 valence electrons. The first-order valence-electron chi connectivity index (χ1n) is 14.7. The average molecular weight is 568 g/mol. The molecule has 2 bridgehead atoms. The lowest BCUT2D eigenvalue weighted by molar-refractivity contribution is -0.156. The third-order valence-electron chi connectivity index (χ3n) is 9.40. The van der Waals surface area contributed by atoms with Crippen molar-refractivity contribution in [1.82, 2.24) is 4.90 Å². The number of aryl methyl sites for hydroxylation is 1. The number of benzene rings is 2. The molecule has 2 amide bonds. The lowest BCUT2D eigenvalue weighted by Crippen LogP contribution is -2.52. The summed E-state index contributed by atoms with van der Waals surface area (Å²) in [5, 5.41) is 12.6. The van der Waals surface area contributed by atoms with Gasteiger partial charge in [0.25, 0.3) is 5.91 Å². The summed E-state index contributed by atoms with van der Waals surface area (Å²) in [6, 6.07) is 11.5. The molecule has 3 atom stereocenters. The van der Waals surface area contributed by atoms with Gasteiger partial charge in [-0.15, -0.1) is 0 Å². The molecule has 8 heteroatoms. The van der Waals surface area contributed by atoms with E-state index in [0.717, 1.165) is 81.6 Å². The molecule has 0 aromatic heterocycles. The maximum Gasteiger partial charge on any atom is 0.254 e. The molecule has 7 nitrogen and oxygen atoms in total. The quantitative estimate of drug-likeness (QED) is 0.509. The van der Waals surface area contributed by atoms with E-state index < -0.39 is 17.4 Å². The third kappa shape index (κ3) is 5.30. The fraction of sp³-hybridized carbons (Fsp3) is 0.562. The highest BCUT2D eigenvalue weighted by atomic mass is 35.5. The number of halogens is 1. The van der Waals surface area contributed by atoms with Crippen LogP contribution in [0, 0.1) is 5.92 Å². The number of anilines is 1. The van der Waals surface area contributed by atoms with Crippen molar-refractivity contribution >= 4 is 29.1 Å². The van der Waals surface area contributed by atoms with E-state index in [0.29, 0.717) is 24.5 Å². The molecule has 0 unspecified atom stereocenters. The van der Waals surface area contributed by atoms with Gasteiger partial charge in [0.05, 0.1) is 18.2 Å². The van der Waals surface area contributed by atoms with Gasteiger partial charge in [-0.2, -0.15) is 0 Å². The standard InChI is InChI=1S/C32H42ClN3O4/c1-22-29(37)35(2)16-7-5-3-4-6-8-17-36-20-31(15-9-10-23-18-25(33)12-13-26(23)31)21-40-28-14-11-24(19-27(28)36)32(22,39)30(34)38/h11-14,18-19,22,39H,3-10,15-17,20-21H2,1-2H3,(H2,34,38)/t22-,31-,32-/m0/s1. The number of hydrogen-bond acceptors (Lipinski definition) is 5. The van der Waals surface area contributed by atoms with E-state index in [2.05, 4.69) is 17.0 Å². The predicted octanol–water partition coefficient (Wildman–Crippen LogP) is 4.93. The van der Waals surface area contributed by atoms with Crippen molar-refractivity contribution in [2.45, 2.75) is 75.7 Å². The van der Waals surface area contributed by atoms with Gasteiger partial charge in [-0.05, 0) is 80.0 Å². The highest BCUT2D eigenvalue weighted by Crippen LogP contribution is 2.46. The van der Waals surface area contributed by atoms with Crippen LogP contribution in [0.3, 0.4) is 0 Å². The Kier molecular flexibility index (Phi) is 8.35. The molecule has 2 aromatic carbocycles. The first-order valence-corrected chi connectivity index (χ1v) is 15.1. The van der Waals surface area contributed by atoms with Crippen LogP contribution in [0.1, 0.15) is 75.0 Å². The van der Waals surface area contributed by atoms with Gasteiger partial charge in [0.2, 0.25) is 5.91 Å². The zero-order chi connectivity index (χ0) is 28.5. The van der Waals surface area contributed by atoms with Crippen LogP contribution in [0.15, 0.2) is 36.4 Å². The summed E-state index contributed by atoms with van der Waals surface area (Å²) in [6.07, 6.45) is 9.39. The molecule has 2 heterocycles. The predicted molar refractivity (Wildman–Crippen MR) is 158 cm³/mol. The molecule has 0 saturated carbocycles. The van der Waals surface area contributed by atoms with E-state index >= 15 is 0 Å². The zero-order valence-electron chi connectivity index (χ0n) is 23.8. The first-order chi connectivity index (χ1) is 19.2. The van der Waals surface area contributed by atoms with E-state index in [1.807, 2.05) is 18.2 Å². The number of carbonyl (C=O) groups excluding carboxylic acids is 2. The summed E-state index contributed by atoms with van der Waals surface area (Å²) in [5.41, 5.74) is 7.20. The number of amides is 2. The number of hydrogen-bond donors (Lipinski definition) is 2. The maximum absolute atomic E-state index is 13.4. The Balaban J connectivity index is 1.59. The van der Waals surface area contributed by atoms with Gasteiger partial charge in [-0.25, -0.2) is 0 Å². The Labute approximate surface area is 242 Å². The van der Waals surface area contributed by atoms with Crippen molar-refractivity contribution in [2.75, 3.05) is 38.2 Å². The molecule has 0 fully saturated rings.